The molecule has 0 atom stereocenters. The number of nitrogens with zero attached hydrogens (tertiary/aromatic N) is 2. The maximum atomic E-state index is 11.4. The summed E-state index contributed by atoms with van der Waals surface area (Å²) >= 11 is 0. The lowest BCUT2D eigenvalue weighted by atomic mass is 10.0. The van der Waals surface area contributed by atoms with Gasteiger partial charge in [-0.2, -0.15) is 0 Å². The molecule has 0 amide bonds. The van der Waals surface area contributed by atoms with Gasteiger partial charge in [-0.05, 0) is 102 Å². The van der Waals surface area contributed by atoms with Crippen LogP contribution in [0.1, 0.15) is 29.2 Å². The van der Waals surface area contributed by atoms with Crippen molar-refractivity contribution in [2.75, 3.05) is 0 Å². The van der Waals surface area contributed by atoms with Gasteiger partial charge in [0.1, 0.15) is 0 Å². The van der Waals surface area contributed by atoms with Crippen LogP contribution in [-0.2, 0) is 19.2 Å². The van der Waals surface area contributed by atoms with Crippen molar-refractivity contribution in [2.45, 2.75) is 6.92 Å². The number of carbonyl (C=O) groups excluding carboxylic acids is 1. The molecule has 9 nitrogen and oxygen atoms in total. The van der Waals surface area contributed by atoms with Gasteiger partial charge in [-0.15, -0.1) is 0 Å². The number of aliphatic carboxylic acids is 3. The SMILES string of the molecule is CC(=O)/C=C/c1cc(/C=C/C(=O)O)cc(-c2ccc(-c3ccc(-c4cc(/C=C/C(=O)O)cc(/C=C/C(=O)O)c4)nc3)cn2)c1. The highest BCUT2D eigenvalue weighted by molar-refractivity contribution is 5.92. The van der Waals surface area contributed by atoms with Gasteiger partial charge in [0, 0.05) is 52.9 Å². The summed E-state index contributed by atoms with van der Waals surface area (Å²) in [5.41, 5.74) is 6.77. The molecule has 0 aliphatic carbocycles. The molecule has 0 aliphatic rings. The van der Waals surface area contributed by atoms with Gasteiger partial charge < -0.3 is 15.3 Å². The Labute approximate surface area is 252 Å². The van der Waals surface area contributed by atoms with Crippen molar-refractivity contribution in [2.24, 2.45) is 0 Å². The zero-order valence-electron chi connectivity index (χ0n) is 23.4. The first-order chi connectivity index (χ1) is 21.0. The normalized spacial score (nSPS) is 11.6. The summed E-state index contributed by atoms with van der Waals surface area (Å²) < 4.78 is 0. The monoisotopic (exact) mass is 586 g/mol. The van der Waals surface area contributed by atoms with Crippen LogP contribution in [0, 0.1) is 0 Å². The minimum atomic E-state index is -1.10. The Morgan fingerprint density at radius 1 is 0.500 bits per heavy atom. The molecule has 0 spiro atoms. The van der Waals surface area contributed by atoms with Gasteiger partial charge >= 0.3 is 17.9 Å². The maximum absolute atomic E-state index is 11.4. The lowest BCUT2D eigenvalue weighted by Gasteiger charge is -2.09. The second-order valence-corrected chi connectivity index (χ2v) is 9.60. The van der Waals surface area contributed by atoms with E-state index in [2.05, 4.69) is 9.97 Å². The molecule has 4 aromatic rings. The second kappa shape index (κ2) is 14.1. The van der Waals surface area contributed by atoms with Gasteiger partial charge in [0.05, 0.1) is 11.4 Å². The number of ketones is 1. The van der Waals surface area contributed by atoms with Gasteiger partial charge in [-0.25, -0.2) is 14.4 Å². The summed E-state index contributed by atoms with van der Waals surface area (Å²) in [4.78, 5) is 53.6. The number of hydrogen-bond donors (Lipinski definition) is 3. The molecule has 0 saturated carbocycles. The average Bonchev–Trinajstić information content (AvgIpc) is 3.01. The van der Waals surface area contributed by atoms with Crippen LogP contribution in [0.5, 0.6) is 0 Å². The van der Waals surface area contributed by atoms with E-state index in [1.165, 1.54) is 31.2 Å². The predicted octanol–water partition coefficient (Wildman–Crippen LogP) is 6.37. The number of rotatable bonds is 11. The summed E-state index contributed by atoms with van der Waals surface area (Å²) in [7, 11) is 0. The third kappa shape index (κ3) is 8.89. The Bertz CT molecular complexity index is 1630. The van der Waals surface area contributed by atoms with Crippen molar-refractivity contribution in [1.29, 1.82) is 0 Å². The van der Waals surface area contributed by atoms with Crippen LogP contribution in [0.25, 0.3) is 57.9 Å². The Morgan fingerprint density at radius 3 is 1.11 bits per heavy atom. The number of allylic oxidation sites excluding steroid dienone is 1. The van der Waals surface area contributed by atoms with Crippen molar-refractivity contribution in [3.05, 3.63) is 120 Å². The van der Waals surface area contributed by atoms with Crippen LogP contribution in [0.2, 0.25) is 0 Å². The molecule has 2 aromatic carbocycles. The number of carbonyl (C=O) groups is 4. The van der Waals surface area contributed by atoms with Crippen molar-refractivity contribution in [3.8, 4) is 33.6 Å². The quantitative estimate of drug-likeness (QED) is 0.170. The van der Waals surface area contributed by atoms with E-state index >= 15 is 0 Å². The van der Waals surface area contributed by atoms with Crippen LogP contribution in [0.3, 0.4) is 0 Å². The molecule has 44 heavy (non-hydrogen) atoms. The molecule has 218 valence electrons. The molecule has 0 aliphatic heterocycles. The van der Waals surface area contributed by atoms with E-state index in [1.54, 1.807) is 48.8 Å². The van der Waals surface area contributed by atoms with Crippen LogP contribution in [0.15, 0.2) is 97.4 Å². The zero-order valence-corrected chi connectivity index (χ0v) is 23.4. The number of carboxylic acid groups (broad SMARTS) is 3. The Kier molecular flexibility index (Phi) is 9.85. The number of aromatic nitrogens is 2. The molecule has 0 bridgehead atoms. The van der Waals surface area contributed by atoms with Gasteiger partial charge in [-0.1, -0.05) is 18.2 Å². The summed E-state index contributed by atoms with van der Waals surface area (Å²) in [5, 5.41) is 27.0. The van der Waals surface area contributed by atoms with E-state index in [0.29, 0.717) is 33.6 Å². The van der Waals surface area contributed by atoms with Crippen LogP contribution in [-0.4, -0.2) is 49.0 Å². The third-order valence-electron chi connectivity index (χ3n) is 6.17. The molecule has 2 heterocycles. The molecular formula is C35H26N2O7. The summed E-state index contributed by atoms with van der Waals surface area (Å²) in [6.45, 7) is 1.45. The molecule has 0 unspecified atom stereocenters. The highest BCUT2D eigenvalue weighted by Crippen LogP contribution is 2.28. The Balaban J connectivity index is 1.63. The fraction of sp³-hybridized carbons (Fsp3) is 0.0286. The smallest absolute Gasteiger partial charge is 0.328 e. The molecule has 9 heteroatoms. The first kappa shape index (κ1) is 30.7. The molecule has 2 aromatic heterocycles. The van der Waals surface area contributed by atoms with E-state index in [1.807, 2.05) is 30.3 Å². The largest absolute Gasteiger partial charge is 0.478 e. The number of pyridine rings is 2. The first-order valence-electron chi connectivity index (χ1n) is 13.2. The van der Waals surface area contributed by atoms with Gasteiger partial charge in [0.15, 0.2) is 5.78 Å². The molecular weight excluding hydrogens is 560 g/mol. The summed E-state index contributed by atoms with van der Waals surface area (Å²) in [5.74, 6) is -3.39. The number of hydrogen-bond acceptors (Lipinski definition) is 6. The number of carboxylic acids is 3. The fourth-order valence-corrected chi connectivity index (χ4v) is 4.22. The number of benzene rings is 2. The Hall–Kier alpha value is -6.22. The average molecular weight is 587 g/mol. The van der Waals surface area contributed by atoms with Crippen LogP contribution < -0.4 is 0 Å². The summed E-state index contributed by atoms with van der Waals surface area (Å²) in [6.07, 6.45) is 13.8. The van der Waals surface area contributed by atoms with E-state index in [4.69, 9.17) is 15.3 Å². The van der Waals surface area contributed by atoms with E-state index < -0.39 is 17.9 Å². The topological polar surface area (TPSA) is 155 Å². The van der Waals surface area contributed by atoms with Crippen molar-refractivity contribution in [3.63, 3.8) is 0 Å². The lowest BCUT2D eigenvalue weighted by molar-refractivity contribution is -0.132. The van der Waals surface area contributed by atoms with Crippen molar-refractivity contribution < 1.29 is 34.5 Å². The first-order valence-corrected chi connectivity index (χ1v) is 13.2. The predicted molar refractivity (Wildman–Crippen MR) is 168 cm³/mol. The standard InChI is InChI=1S/C35H26N2O7/c1-22(38)2-3-23-14-24(4-11-33(39)40)17-29(16-23)31-9-7-27(20-36-31)28-8-10-32(37-21-28)30-18-25(5-12-34(41)42)15-26(19-30)6-13-35(43)44/h2-21H,1H3,(H,39,40)(H,41,42)(H,43,44)/b3-2+,11-4+,12-5+,13-6+. The summed E-state index contributed by atoms with van der Waals surface area (Å²) in [6, 6.07) is 18.0. The highest BCUT2D eigenvalue weighted by atomic mass is 16.4. The maximum Gasteiger partial charge on any atom is 0.328 e. The Morgan fingerprint density at radius 2 is 0.841 bits per heavy atom. The molecule has 0 fully saturated rings. The van der Waals surface area contributed by atoms with E-state index in [0.717, 1.165) is 40.5 Å². The van der Waals surface area contributed by atoms with Crippen molar-refractivity contribution >= 4 is 48.0 Å². The second-order valence-electron chi connectivity index (χ2n) is 9.60. The molecule has 3 N–H and O–H groups in total. The van der Waals surface area contributed by atoms with Crippen molar-refractivity contribution in [1.82, 2.24) is 9.97 Å². The highest BCUT2D eigenvalue weighted by Gasteiger charge is 2.08. The minimum absolute atomic E-state index is 0.113. The van der Waals surface area contributed by atoms with Gasteiger partial charge in [-0.3, -0.25) is 14.8 Å². The van der Waals surface area contributed by atoms with E-state index in [-0.39, 0.29) is 5.78 Å². The van der Waals surface area contributed by atoms with Crippen LogP contribution in [0.4, 0.5) is 0 Å². The molecule has 0 radical (unpaired) electrons. The zero-order chi connectivity index (χ0) is 31.6. The fourth-order valence-electron chi connectivity index (χ4n) is 4.22. The molecule has 4 rings (SSSR count). The molecule has 0 saturated heterocycles. The van der Waals surface area contributed by atoms with Gasteiger partial charge in [0.25, 0.3) is 0 Å². The van der Waals surface area contributed by atoms with Gasteiger partial charge in [0.2, 0.25) is 0 Å². The van der Waals surface area contributed by atoms with Crippen LogP contribution >= 0.6 is 0 Å². The lowest BCUT2D eigenvalue weighted by Crippen LogP contribution is -1.91. The third-order valence-corrected chi connectivity index (χ3v) is 6.17. The minimum Gasteiger partial charge on any atom is -0.478 e. The van der Waals surface area contributed by atoms with E-state index in [9.17, 15) is 19.2 Å².